The summed E-state index contributed by atoms with van der Waals surface area (Å²) in [6.45, 7) is -0.0325. The number of hydroxylamine groups is 1. The van der Waals surface area contributed by atoms with Crippen LogP contribution in [0.15, 0.2) is 0 Å². The van der Waals surface area contributed by atoms with E-state index in [0.717, 1.165) is 0 Å². The highest BCUT2D eigenvalue weighted by atomic mass is 16.6. The molecule has 5 nitrogen and oxygen atoms in total. The zero-order valence-electron chi connectivity index (χ0n) is 5.96. The fourth-order valence-electron chi connectivity index (χ4n) is 0.402. The van der Waals surface area contributed by atoms with E-state index in [1.165, 1.54) is 14.2 Å². The van der Waals surface area contributed by atoms with Gasteiger partial charge in [0.2, 0.25) is 0 Å². The van der Waals surface area contributed by atoms with Crippen molar-refractivity contribution in [2.75, 3.05) is 20.8 Å². The van der Waals surface area contributed by atoms with Crippen molar-refractivity contribution in [1.29, 1.82) is 0 Å². The molecule has 0 saturated carbocycles. The summed E-state index contributed by atoms with van der Waals surface area (Å²) in [5, 5.41) is 8.83. The minimum atomic E-state index is -1.16. The molecular formula is C5H11NO4. The predicted molar refractivity (Wildman–Crippen MR) is 33.0 cm³/mol. The van der Waals surface area contributed by atoms with Gasteiger partial charge in [-0.05, 0) is 0 Å². The van der Waals surface area contributed by atoms with Crippen LogP contribution in [0.4, 0.5) is 0 Å². The van der Waals surface area contributed by atoms with Crippen LogP contribution in [0.25, 0.3) is 0 Å². The number of carbonyl (C=O) groups excluding carboxylic acids is 1. The first-order valence-corrected chi connectivity index (χ1v) is 2.72. The molecule has 0 heterocycles. The van der Waals surface area contributed by atoms with Crippen molar-refractivity contribution in [1.82, 2.24) is 5.48 Å². The van der Waals surface area contributed by atoms with Crippen LogP contribution in [0.2, 0.25) is 0 Å². The van der Waals surface area contributed by atoms with Crippen LogP contribution in [0, 0.1) is 0 Å². The van der Waals surface area contributed by atoms with Gasteiger partial charge in [0, 0.05) is 7.11 Å². The lowest BCUT2D eigenvalue weighted by molar-refractivity contribution is -0.142. The molecule has 10 heavy (non-hydrogen) atoms. The van der Waals surface area contributed by atoms with Gasteiger partial charge >= 0.3 is 0 Å². The monoisotopic (exact) mass is 149 g/mol. The maximum Gasteiger partial charge on any atom is 0.274 e. The van der Waals surface area contributed by atoms with Gasteiger partial charge in [0.25, 0.3) is 5.91 Å². The molecular weight excluding hydrogens is 138 g/mol. The Kier molecular flexibility index (Phi) is 4.82. The second kappa shape index (κ2) is 5.16. The van der Waals surface area contributed by atoms with Crippen molar-refractivity contribution in [3.8, 4) is 0 Å². The highest BCUT2D eigenvalue weighted by molar-refractivity contribution is 5.79. The molecule has 0 bridgehead atoms. The summed E-state index contributed by atoms with van der Waals surface area (Å²) < 4.78 is 4.50. The number of carbonyl (C=O) groups is 1. The predicted octanol–water partition coefficient (Wildman–Crippen LogP) is -1.33. The van der Waals surface area contributed by atoms with Gasteiger partial charge in [0.05, 0.1) is 13.7 Å². The number of hydrogen-bond acceptors (Lipinski definition) is 4. The number of aliphatic hydroxyl groups is 1. The maximum absolute atomic E-state index is 10.6. The third-order valence-corrected chi connectivity index (χ3v) is 0.830. The quantitative estimate of drug-likeness (QED) is 0.486. The first-order chi connectivity index (χ1) is 4.72. The van der Waals surface area contributed by atoms with Crippen molar-refractivity contribution in [3.05, 3.63) is 0 Å². The van der Waals surface area contributed by atoms with Crippen molar-refractivity contribution < 1.29 is 19.5 Å². The van der Waals surface area contributed by atoms with Crippen molar-refractivity contribution in [2.24, 2.45) is 0 Å². The Morgan fingerprint density at radius 3 is 2.70 bits per heavy atom. The number of nitrogens with one attached hydrogen (secondary N) is 1. The second-order valence-electron chi connectivity index (χ2n) is 1.64. The topological polar surface area (TPSA) is 67.8 Å². The molecule has 0 radical (unpaired) electrons. The van der Waals surface area contributed by atoms with Crippen LogP contribution in [0.3, 0.4) is 0 Å². The van der Waals surface area contributed by atoms with Gasteiger partial charge in [-0.2, -0.15) is 0 Å². The van der Waals surface area contributed by atoms with Crippen molar-refractivity contribution >= 4 is 5.91 Å². The summed E-state index contributed by atoms with van der Waals surface area (Å²) in [6, 6.07) is 0. The zero-order chi connectivity index (χ0) is 7.98. The first-order valence-electron chi connectivity index (χ1n) is 2.72. The molecule has 0 aliphatic heterocycles. The molecule has 1 amide bonds. The van der Waals surface area contributed by atoms with Gasteiger partial charge in [-0.1, -0.05) is 0 Å². The summed E-state index contributed by atoms with van der Waals surface area (Å²) in [4.78, 5) is 14.8. The molecule has 0 aromatic heterocycles. The van der Waals surface area contributed by atoms with Crippen LogP contribution >= 0.6 is 0 Å². The van der Waals surface area contributed by atoms with E-state index in [1.807, 2.05) is 5.48 Å². The molecule has 0 spiro atoms. The summed E-state index contributed by atoms with van der Waals surface area (Å²) in [5.74, 6) is -0.607. The molecule has 60 valence electrons. The van der Waals surface area contributed by atoms with E-state index in [0.29, 0.717) is 0 Å². The molecule has 0 fully saturated rings. The Morgan fingerprint density at radius 1 is 1.70 bits per heavy atom. The molecule has 5 heteroatoms. The van der Waals surface area contributed by atoms with Crippen LogP contribution in [-0.2, 0) is 14.4 Å². The minimum Gasteiger partial charge on any atom is -0.381 e. The standard InChI is InChI=1S/C5H11NO4/c1-9-3-4(7)5(8)6-10-2/h4,7H,3H2,1-2H3,(H,6,8). The van der Waals surface area contributed by atoms with Crippen molar-refractivity contribution in [2.45, 2.75) is 6.10 Å². The molecule has 0 aliphatic rings. The van der Waals surface area contributed by atoms with E-state index in [-0.39, 0.29) is 6.61 Å². The van der Waals surface area contributed by atoms with Gasteiger partial charge < -0.3 is 9.84 Å². The average Bonchev–Trinajstić information content (AvgIpc) is 1.89. The molecule has 0 aromatic rings. The second-order valence-corrected chi connectivity index (χ2v) is 1.64. The summed E-state index contributed by atoms with van der Waals surface area (Å²) >= 11 is 0. The Hall–Kier alpha value is -0.650. The summed E-state index contributed by atoms with van der Waals surface area (Å²) in [7, 11) is 2.68. The molecule has 0 aliphatic carbocycles. The zero-order valence-corrected chi connectivity index (χ0v) is 5.96. The molecule has 0 aromatic carbocycles. The molecule has 1 atom stereocenters. The van der Waals surface area contributed by atoms with E-state index in [1.54, 1.807) is 0 Å². The Balaban J connectivity index is 3.49. The van der Waals surface area contributed by atoms with Gasteiger partial charge in [-0.15, -0.1) is 0 Å². The van der Waals surface area contributed by atoms with E-state index in [4.69, 9.17) is 5.11 Å². The largest absolute Gasteiger partial charge is 0.381 e. The third-order valence-electron chi connectivity index (χ3n) is 0.830. The van der Waals surface area contributed by atoms with E-state index >= 15 is 0 Å². The number of aliphatic hydroxyl groups excluding tert-OH is 1. The van der Waals surface area contributed by atoms with Gasteiger partial charge in [-0.25, -0.2) is 5.48 Å². The maximum atomic E-state index is 10.6. The lowest BCUT2D eigenvalue weighted by atomic mass is 10.4. The highest BCUT2D eigenvalue weighted by Gasteiger charge is 2.12. The molecule has 1 unspecified atom stereocenters. The first kappa shape index (κ1) is 9.35. The molecule has 0 saturated heterocycles. The van der Waals surface area contributed by atoms with Gasteiger partial charge in [0.15, 0.2) is 6.10 Å². The van der Waals surface area contributed by atoms with Gasteiger partial charge in [-0.3, -0.25) is 9.63 Å². The summed E-state index contributed by atoms with van der Waals surface area (Å²) in [6.07, 6.45) is -1.16. The number of methoxy groups -OCH3 is 1. The Morgan fingerprint density at radius 2 is 2.30 bits per heavy atom. The van der Waals surface area contributed by atoms with Crippen LogP contribution in [-0.4, -0.2) is 37.9 Å². The highest BCUT2D eigenvalue weighted by Crippen LogP contribution is 1.82. The minimum absolute atomic E-state index is 0.0325. The number of amides is 1. The van der Waals surface area contributed by atoms with E-state index in [2.05, 4.69) is 9.57 Å². The van der Waals surface area contributed by atoms with Gasteiger partial charge in [0.1, 0.15) is 0 Å². The molecule has 2 N–H and O–H groups in total. The Labute approximate surface area is 58.9 Å². The van der Waals surface area contributed by atoms with E-state index < -0.39 is 12.0 Å². The third kappa shape index (κ3) is 3.39. The lowest BCUT2D eigenvalue weighted by Crippen LogP contribution is -2.36. The normalized spacial score (nSPS) is 12.7. The van der Waals surface area contributed by atoms with Crippen LogP contribution in [0.1, 0.15) is 0 Å². The lowest BCUT2D eigenvalue weighted by Gasteiger charge is -2.07. The SMILES string of the molecule is COCC(O)C(=O)NOC. The fraction of sp³-hybridized carbons (Fsp3) is 0.800. The average molecular weight is 149 g/mol. The number of ether oxygens (including phenoxy) is 1. The van der Waals surface area contributed by atoms with Crippen molar-refractivity contribution in [3.63, 3.8) is 0 Å². The number of rotatable bonds is 4. The molecule has 0 rings (SSSR count). The smallest absolute Gasteiger partial charge is 0.274 e. The Bertz CT molecular complexity index is 106. The van der Waals surface area contributed by atoms with Crippen LogP contribution < -0.4 is 5.48 Å². The van der Waals surface area contributed by atoms with Crippen LogP contribution in [0.5, 0.6) is 0 Å². The summed E-state index contributed by atoms with van der Waals surface area (Å²) in [5.41, 5.74) is 1.96. The number of hydrogen-bond donors (Lipinski definition) is 2. The van der Waals surface area contributed by atoms with E-state index in [9.17, 15) is 4.79 Å². The fourth-order valence-corrected chi connectivity index (χ4v) is 0.402.